The SMILES string of the molecule is CCCCCC(=O)OC(CCC)CC(=O)O. The van der Waals surface area contributed by atoms with Gasteiger partial charge in [0.2, 0.25) is 0 Å². The zero-order valence-electron chi connectivity index (χ0n) is 10.2. The van der Waals surface area contributed by atoms with Crippen molar-refractivity contribution < 1.29 is 19.4 Å². The predicted octanol–water partition coefficient (Wildman–Crippen LogP) is 2.75. The summed E-state index contributed by atoms with van der Waals surface area (Å²) in [5.74, 6) is -1.19. The van der Waals surface area contributed by atoms with E-state index in [2.05, 4.69) is 6.92 Å². The summed E-state index contributed by atoms with van der Waals surface area (Å²) >= 11 is 0. The fourth-order valence-corrected chi connectivity index (χ4v) is 1.48. The highest BCUT2D eigenvalue weighted by Crippen LogP contribution is 2.10. The van der Waals surface area contributed by atoms with Crippen LogP contribution in [-0.4, -0.2) is 23.1 Å². The van der Waals surface area contributed by atoms with E-state index in [1.807, 2.05) is 6.92 Å². The molecule has 16 heavy (non-hydrogen) atoms. The van der Waals surface area contributed by atoms with Crippen molar-refractivity contribution in [2.75, 3.05) is 0 Å². The van der Waals surface area contributed by atoms with Crippen molar-refractivity contribution in [2.24, 2.45) is 0 Å². The Balaban J connectivity index is 3.87. The van der Waals surface area contributed by atoms with Crippen LogP contribution >= 0.6 is 0 Å². The second kappa shape index (κ2) is 9.19. The summed E-state index contributed by atoms with van der Waals surface area (Å²) in [7, 11) is 0. The molecule has 0 spiro atoms. The first kappa shape index (κ1) is 14.9. The molecular formula is C12H22O4. The summed E-state index contributed by atoms with van der Waals surface area (Å²) in [6.07, 6.45) is 4.17. The lowest BCUT2D eigenvalue weighted by atomic mass is 10.1. The van der Waals surface area contributed by atoms with Gasteiger partial charge in [-0.2, -0.15) is 0 Å². The van der Waals surface area contributed by atoms with Crippen LogP contribution in [0.4, 0.5) is 0 Å². The Morgan fingerprint density at radius 3 is 2.38 bits per heavy atom. The van der Waals surface area contributed by atoms with E-state index < -0.39 is 12.1 Å². The summed E-state index contributed by atoms with van der Waals surface area (Å²) in [4.78, 5) is 21.9. The standard InChI is InChI=1S/C12H22O4/c1-3-5-6-8-12(15)16-10(7-4-2)9-11(13)14/h10H,3-9H2,1-2H3,(H,13,14). The molecule has 1 unspecified atom stereocenters. The molecule has 0 saturated heterocycles. The number of carbonyl (C=O) groups is 2. The van der Waals surface area contributed by atoms with E-state index in [4.69, 9.17) is 9.84 Å². The number of rotatable bonds is 9. The highest BCUT2D eigenvalue weighted by molar-refractivity contribution is 5.71. The molecule has 0 fully saturated rings. The van der Waals surface area contributed by atoms with Gasteiger partial charge in [-0.1, -0.05) is 33.1 Å². The van der Waals surface area contributed by atoms with Crippen molar-refractivity contribution >= 4 is 11.9 Å². The average molecular weight is 230 g/mol. The number of aliphatic carboxylic acids is 1. The molecule has 0 radical (unpaired) electrons. The van der Waals surface area contributed by atoms with Gasteiger partial charge in [0.05, 0.1) is 6.42 Å². The van der Waals surface area contributed by atoms with Gasteiger partial charge in [-0.05, 0) is 12.8 Å². The van der Waals surface area contributed by atoms with E-state index in [0.717, 1.165) is 25.7 Å². The Morgan fingerprint density at radius 2 is 1.88 bits per heavy atom. The van der Waals surface area contributed by atoms with Crippen molar-refractivity contribution in [2.45, 2.75) is 64.9 Å². The van der Waals surface area contributed by atoms with Gasteiger partial charge >= 0.3 is 11.9 Å². The van der Waals surface area contributed by atoms with Crippen molar-refractivity contribution in [3.63, 3.8) is 0 Å². The summed E-state index contributed by atoms with van der Waals surface area (Å²) in [6.45, 7) is 4.01. The molecule has 0 saturated carbocycles. The Labute approximate surface area is 97.0 Å². The molecular weight excluding hydrogens is 208 g/mol. The fraction of sp³-hybridized carbons (Fsp3) is 0.833. The van der Waals surface area contributed by atoms with E-state index >= 15 is 0 Å². The molecule has 94 valence electrons. The van der Waals surface area contributed by atoms with Crippen molar-refractivity contribution in [1.29, 1.82) is 0 Å². The molecule has 0 rings (SSSR count). The fourth-order valence-electron chi connectivity index (χ4n) is 1.48. The third-order valence-electron chi connectivity index (χ3n) is 2.30. The maximum Gasteiger partial charge on any atom is 0.307 e. The summed E-state index contributed by atoms with van der Waals surface area (Å²) < 4.78 is 5.13. The third-order valence-corrected chi connectivity index (χ3v) is 2.30. The maximum atomic E-state index is 11.4. The number of hydrogen-bond acceptors (Lipinski definition) is 3. The molecule has 1 N–H and O–H groups in total. The number of carboxylic acid groups (broad SMARTS) is 1. The number of hydrogen-bond donors (Lipinski definition) is 1. The first-order valence-electron chi connectivity index (χ1n) is 6.01. The third kappa shape index (κ3) is 8.26. The van der Waals surface area contributed by atoms with Crippen LogP contribution in [0.15, 0.2) is 0 Å². The van der Waals surface area contributed by atoms with Crippen LogP contribution in [0.1, 0.15) is 58.8 Å². The van der Waals surface area contributed by atoms with Gasteiger partial charge in [-0.3, -0.25) is 9.59 Å². The lowest BCUT2D eigenvalue weighted by molar-refractivity contribution is -0.153. The van der Waals surface area contributed by atoms with E-state index in [9.17, 15) is 9.59 Å². The molecule has 1 atom stereocenters. The van der Waals surface area contributed by atoms with Crippen LogP contribution in [0.3, 0.4) is 0 Å². The molecule has 0 heterocycles. The number of esters is 1. The van der Waals surface area contributed by atoms with Gasteiger partial charge < -0.3 is 9.84 Å². The smallest absolute Gasteiger partial charge is 0.307 e. The van der Waals surface area contributed by atoms with Gasteiger partial charge in [-0.25, -0.2) is 0 Å². The van der Waals surface area contributed by atoms with Crippen LogP contribution in [-0.2, 0) is 14.3 Å². The quantitative estimate of drug-likeness (QED) is 0.488. The maximum absolute atomic E-state index is 11.4. The zero-order chi connectivity index (χ0) is 12.4. The van der Waals surface area contributed by atoms with E-state index in [0.29, 0.717) is 12.8 Å². The number of carboxylic acids is 1. The predicted molar refractivity (Wildman–Crippen MR) is 61.2 cm³/mol. The molecule has 0 aliphatic rings. The zero-order valence-corrected chi connectivity index (χ0v) is 10.2. The van der Waals surface area contributed by atoms with Crippen molar-refractivity contribution in [1.82, 2.24) is 0 Å². The molecule has 0 amide bonds. The molecule has 0 aliphatic heterocycles. The van der Waals surface area contributed by atoms with Crippen LogP contribution < -0.4 is 0 Å². The molecule has 4 nitrogen and oxygen atoms in total. The molecule has 0 aromatic carbocycles. The lowest BCUT2D eigenvalue weighted by Gasteiger charge is -2.15. The second-order valence-corrected chi connectivity index (χ2v) is 3.96. The molecule has 0 aromatic rings. The second-order valence-electron chi connectivity index (χ2n) is 3.96. The first-order valence-corrected chi connectivity index (χ1v) is 6.01. The molecule has 0 bridgehead atoms. The van der Waals surface area contributed by atoms with Crippen molar-refractivity contribution in [3.8, 4) is 0 Å². The van der Waals surface area contributed by atoms with Gasteiger partial charge in [-0.15, -0.1) is 0 Å². The lowest BCUT2D eigenvalue weighted by Crippen LogP contribution is -2.21. The Hall–Kier alpha value is -1.06. The minimum atomic E-state index is -0.917. The monoisotopic (exact) mass is 230 g/mol. The summed E-state index contributed by atoms with van der Waals surface area (Å²) in [5.41, 5.74) is 0. The average Bonchev–Trinajstić information content (AvgIpc) is 2.17. The van der Waals surface area contributed by atoms with Gasteiger partial charge in [0.25, 0.3) is 0 Å². The Bertz CT molecular complexity index is 213. The first-order chi connectivity index (χ1) is 7.60. The molecule has 0 aromatic heterocycles. The van der Waals surface area contributed by atoms with Crippen LogP contribution in [0.25, 0.3) is 0 Å². The van der Waals surface area contributed by atoms with E-state index in [1.165, 1.54) is 0 Å². The number of ether oxygens (including phenoxy) is 1. The molecule has 0 aliphatic carbocycles. The number of unbranched alkanes of at least 4 members (excludes halogenated alkanes) is 2. The van der Waals surface area contributed by atoms with Crippen LogP contribution in [0.5, 0.6) is 0 Å². The van der Waals surface area contributed by atoms with Gasteiger partial charge in [0.15, 0.2) is 0 Å². The van der Waals surface area contributed by atoms with Crippen molar-refractivity contribution in [3.05, 3.63) is 0 Å². The molecule has 4 heteroatoms. The van der Waals surface area contributed by atoms with E-state index in [1.54, 1.807) is 0 Å². The van der Waals surface area contributed by atoms with Gasteiger partial charge in [0, 0.05) is 6.42 Å². The summed E-state index contributed by atoms with van der Waals surface area (Å²) in [6, 6.07) is 0. The topological polar surface area (TPSA) is 63.6 Å². The highest BCUT2D eigenvalue weighted by Gasteiger charge is 2.16. The van der Waals surface area contributed by atoms with Crippen LogP contribution in [0.2, 0.25) is 0 Å². The minimum Gasteiger partial charge on any atom is -0.481 e. The minimum absolute atomic E-state index is 0.0899. The van der Waals surface area contributed by atoms with Gasteiger partial charge in [0.1, 0.15) is 6.10 Å². The summed E-state index contributed by atoms with van der Waals surface area (Å²) in [5, 5.41) is 8.65. The number of carbonyl (C=O) groups excluding carboxylic acids is 1. The Kier molecular flexibility index (Phi) is 8.58. The van der Waals surface area contributed by atoms with E-state index in [-0.39, 0.29) is 12.4 Å². The Morgan fingerprint density at radius 1 is 1.19 bits per heavy atom. The normalized spacial score (nSPS) is 12.1. The van der Waals surface area contributed by atoms with Crippen LogP contribution in [0, 0.1) is 0 Å². The highest BCUT2D eigenvalue weighted by atomic mass is 16.5. The largest absolute Gasteiger partial charge is 0.481 e.